The first kappa shape index (κ1) is 7.67. The van der Waals surface area contributed by atoms with E-state index in [1.807, 2.05) is 0 Å². The maximum absolute atomic E-state index is 12.5. The van der Waals surface area contributed by atoms with E-state index in [4.69, 9.17) is 11.6 Å². The van der Waals surface area contributed by atoms with Gasteiger partial charge in [-0.05, 0) is 18.6 Å². The molecule has 0 N–H and O–H groups in total. The van der Waals surface area contributed by atoms with Gasteiger partial charge in [-0.1, -0.05) is 0 Å². The van der Waals surface area contributed by atoms with Crippen LogP contribution in [0.15, 0.2) is 0 Å². The quantitative estimate of drug-likeness (QED) is 0.474. The molecule has 1 aliphatic carbocycles. The number of hydrogen-bond donors (Lipinski definition) is 1. The minimum Gasteiger partial charge on any atom is -0.247 e. The smallest absolute Gasteiger partial charge is 0.102 e. The van der Waals surface area contributed by atoms with Crippen molar-refractivity contribution in [3.63, 3.8) is 0 Å². The largest absolute Gasteiger partial charge is 0.247 e. The van der Waals surface area contributed by atoms with Crippen LogP contribution in [0.2, 0.25) is 0 Å². The molecule has 0 heterocycles. The molecule has 0 aromatic rings. The van der Waals surface area contributed by atoms with Crippen LogP contribution in [-0.4, -0.2) is 17.3 Å². The highest BCUT2D eigenvalue weighted by molar-refractivity contribution is 7.80. The Kier molecular flexibility index (Phi) is 2.27. The van der Waals surface area contributed by atoms with Crippen molar-refractivity contribution in [2.75, 3.05) is 5.75 Å². The molecule has 0 aromatic heterocycles. The lowest BCUT2D eigenvalue weighted by Crippen LogP contribution is -1.98. The van der Waals surface area contributed by atoms with Gasteiger partial charge in [-0.2, -0.15) is 12.6 Å². The van der Waals surface area contributed by atoms with Gasteiger partial charge < -0.3 is 0 Å². The zero-order valence-electron chi connectivity index (χ0n) is 5.22. The SMILES string of the molecule is CC(F)C1C(Cl)[C@H]1CS. The van der Waals surface area contributed by atoms with Crippen molar-refractivity contribution in [3.8, 4) is 0 Å². The van der Waals surface area contributed by atoms with Gasteiger partial charge in [0.25, 0.3) is 0 Å². The molecule has 0 aliphatic heterocycles. The number of halogens is 2. The predicted molar refractivity (Wildman–Crippen MR) is 41.0 cm³/mol. The van der Waals surface area contributed by atoms with E-state index < -0.39 is 6.17 Å². The topological polar surface area (TPSA) is 0 Å². The van der Waals surface area contributed by atoms with Crippen LogP contribution in [0.4, 0.5) is 4.39 Å². The molecule has 54 valence electrons. The summed E-state index contributed by atoms with van der Waals surface area (Å²) in [6.07, 6.45) is -0.760. The molecule has 0 nitrogen and oxygen atoms in total. The molecule has 0 aromatic carbocycles. The molecule has 1 fully saturated rings. The van der Waals surface area contributed by atoms with Crippen LogP contribution in [0.5, 0.6) is 0 Å². The molecule has 1 saturated carbocycles. The van der Waals surface area contributed by atoms with Crippen molar-refractivity contribution < 1.29 is 4.39 Å². The fourth-order valence-corrected chi connectivity index (χ4v) is 2.33. The van der Waals surface area contributed by atoms with E-state index in [1.165, 1.54) is 0 Å². The van der Waals surface area contributed by atoms with Crippen molar-refractivity contribution in [1.82, 2.24) is 0 Å². The summed E-state index contributed by atoms with van der Waals surface area (Å²) in [5, 5.41) is 0.0440. The van der Waals surface area contributed by atoms with Gasteiger partial charge >= 0.3 is 0 Å². The summed E-state index contributed by atoms with van der Waals surface area (Å²) in [5.41, 5.74) is 0. The molecule has 0 amide bonds. The molecule has 0 spiro atoms. The second-order valence-corrected chi connectivity index (χ2v) is 3.41. The Labute approximate surface area is 65.2 Å². The lowest BCUT2D eigenvalue weighted by atomic mass is 10.2. The first-order valence-electron chi connectivity index (χ1n) is 3.07. The van der Waals surface area contributed by atoms with Crippen LogP contribution in [0.1, 0.15) is 6.92 Å². The Bertz CT molecular complexity index is 107. The van der Waals surface area contributed by atoms with E-state index in [0.717, 1.165) is 0 Å². The lowest BCUT2D eigenvalue weighted by Gasteiger charge is -1.94. The predicted octanol–water partition coefficient (Wildman–Crippen LogP) is 2.13. The molecular weight excluding hydrogens is 159 g/mol. The fourth-order valence-electron chi connectivity index (χ4n) is 1.17. The van der Waals surface area contributed by atoms with Crippen LogP contribution in [0.25, 0.3) is 0 Å². The molecule has 1 rings (SSSR count). The molecule has 4 atom stereocenters. The summed E-state index contributed by atoms with van der Waals surface area (Å²) < 4.78 is 12.5. The van der Waals surface area contributed by atoms with Crippen molar-refractivity contribution in [3.05, 3.63) is 0 Å². The summed E-state index contributed by atoms with van der Waals surface area (Å²) in [7, 11) is 0. The van der Waals surface area contributed by atoms with Gasteiger partial charge in [-0.25, -0.2) is 4.39 Å². The summed E-state index contributed by atoms with van der Waals surface area (Å²) >= 11 is 9.76. The normalized spacial score (nSPS) is 44.7. The van der Waals surface area contributed by atoms with Crippen molar-refractivity contribution >= 4 is 24.2 Å². The minimum atomic E-state index is -0.760. The number of alkyl halides is 2. The van der Waals surface area contributed by atoms with E-state index in [1.54, 1.807) is 6.92 Å². The summed E-state index contributed by atoms with van der Waals surface area (Å²) in [6.45, 7) is 1.56. The Balaban J connectivity index is 2.33. The highest BCUT2D eigenvalue weighted by atomic mass is 35.5. The van der Waals surface area contributed by atoms with Gasteiger partial charge in [0.15, 0.2) is 0 Å². The first-order valence-corrected chi connectivity index (χ1v) is 4.14. The summed E-state index contributed by atoms with van der Waals surface area (Å²) in [5.74, 6) is 1.10. The standard InChI is InChI=1S/C6H10ClFS/c1-3(8)5-4(2-9)6(5)7/h3-6,9H,2H2,1H3/t3?,4-,5?,6?/m0/s1. The van der Waals surface area contributed by atoms with Gasteiger partial charge in [-0.3, -0.25) is 0 Å². The van der Waals surface area contributed by atoms with E-state index >= 15 is 0 Å². The van der Waals surface area contributed by atoms with Crippen molar-refractivity contribution in [2.24, 2.45) is 11.8 Å². The number of rotatable bonds is 2. The molecule has 0 bridgehead atoms. The van der Waals surface area contributed by atoms with Gasteiger partial charge in [0.2, 0.25) is 0 Å². The average molecular weight is 169 g/mol. The zero-order valence-corrected chi connectivity index (χ0v) is 6.87. The number of thiol groups is 1. The van der Waals surface area contributed by atoms with Gasteiger partial charge in [0, 0.05) is 11.3 Å². The third kappa shape index (κ3) is 1.35. The highest BCUT2D eigenvalue weighted by Gasteiger charge is 2.51. The van der Waals surface area contributed by atoms with Gasteiger partial charge in [-0.15, -0.1) is 11.6 Å². The Morgan fingerprint density at radius 3 is 2.44 bits per heavy atom. The van der Waals surface area contributed by atoms with Gasteiger partial charge in [0.1, 0.15) is 6.17 Å². The third-order valence-corrected chi connectivity index (χ3v) is 2.91. The average Bonchev–Trinajstić information content (AvgIpc) is 2.40. The summed E-state index contributed by atoms with van der Waals surface area (Å²) in [4.78, 5) is 0. The summed E-state index contributed by atoms with van der Waals surface area (Å²) in [6, 6.07) is 0. The Hall–Kier alpha value is 0.570. The molecule has 0 saturated heterocycles. The molecule has 1 aliphatic rings. The van der Waals surface area contributed by atoms with Crippen LogP contribution >= 0.6 is 24.2 Å². The second kappa shape index (κ2) is 2.67. The second-order valence-electron chi connectivity index (χ2n) is 2.55. The Morgan fingerprint density at radius 1 is 1.78 bits per heavy atom. The van der Waals surface area contributed by atoms with E-state index in [0.29, 0.717) is 11.7 Å². The highest BCUT2D eigenvalue weighted by Crippen LogP contribution is 2.47. The maximum atomic E-state index is 12.5. The van der Waals surface area contributed by atoms with Crippen molar-refractivity contribution in [1.29, 1.82) is 0 Å². The monoisotopic (exact) mass is 168 g/mol. The molecule has 0 radical (unpaired) electrons. The molecule has 9 heavy (non-hydrogen) atoms. The van der Waals surface area contributed by atoms with Crippen LogP contribution < -0.4 is 0 Å². The van der Waals surface area contributed by atoms with Crippen LogP contribution in [-0.2, 0) is 0 Å². The van der Waals surface area contributed by atoms with Gasteiger partial charge in [0.05, 0.1) is 0 Å². The number of hydrogen-bond acceptors (Lipinski definition) is 1. The third-order valence-electron chi connectivity index (χ3n) is 1.87. The van der Waals surface area contributed by atoms with E-state index in [-0.39, 0.29) is 11.3 Å². The van der Waals surface area contributed by atoms with Crippen molar-refractivity contribution in [2.45, 2.75) is 18.5 Å². The first-order chi connectivity index (χ1) is 4.18. The lowest BCUT2D eigenvalue weighted by molar-refractivity contribution is 0.315. The zero-order chi connectivity index (χ0) is 7.02. The maximum Gasteiger partial charge on any atom is 0.102 e. The van der Waals surface area contributed by atoms with E-state index in [2.05, 4.69) is 12.6 Å². The fraction of sp³-hybridized carbons (Fsp3) is 1.00. The van der Waals surface area contributed by atoms with Crippen LogP contribution in [0.3, 0.4) is 0 Å². The molecule has 3 heteroatoms. The van der Waals surface area contributed by atoms with E-state index in [9.17, 15) is 4.39 Å². The minimum absolute atomic E-state index is 0.0440. The van der Waals surface area contributed by atoms with Crippen LogP contribution in [0, 0.1) is 11.8 Å². The molecule has 3 unspecified atom stereocenters. The Morgan fingerprint density at radius 2 is 2.33 bits per heavy atom. The molecular formula is C6H10ClFS.